The van der Waals surface area contributed by atoms with Gasteiger partial charge in [0.15, 0.2) is 5.13 Å². The quantitative estimate of drug-likeness (QED) is 0.282. The van der Waals surface area contributed by atoms with Gasteiger partial charge in [-0.05, 0) is 60.9 Å². The van der Waals surface area contributed by atoms with Crippen molar-refractivity contribution in [3.63, 3.8) is 0 Å². The average Bonchev–Trinajstić information content (AvgIpc) is 3.10. The van der Waals surface area contributed by atoms with Gasteiger partial charge in [-0.1, -0.05) is 42.5 Å². The zero-order valence-electron chi connectivity index (χ0n) is 18.4. The Bertz CT molecular complexity index is 1260. The minimum Gasteiger partial charge on any atom is -0.348 e. The SMILES string of the molecule is Cc1nc(NC(Cc2ccccc2)(c2ccc(F)cc2)c2cc(F)cc(C(F)(F)F)c2)sc1C. The van der Waals surface area contributed by atoms with Crippen molar-refractivity contribution in [2.45, 2.75) is 32.0 Å². The minimum atomic E-state index is -4.74. The Morgan fingerprint density at radius 2 is 1.44 bits per heavy atom. The van der Waals surface area contributed by atoms with Crippen LogP contribution in [0, 0.1) is 25.5 Å². The number of aromatic nitrogens is 1. The number of halogens is 5. The van der Waals surface area contributed by atoms with Gasteiger partial charge in [0.1, 0.15) is 11.6 Å². The number of hydrogen-bond donors (Lipinski definition) is 1. The normalized spacial score (nSPS) is 13.5. The first-order valence-corrected chi connectivity index (χ1v) is 11.3. The van der Waals surface area contributed by atoms with Gasteiger partial charge in [-0.15, -0.1) is 11.3 Å². The smallest absolute Gasteiger partial charge is 0.348 e. The Hall–Kier alpha value is -3.26. The summed E-state index contributed by atoms with van der Waals surface area (Å²) in [7, 11) is 0. The van der Waals surface area contributed by atoms with Crippen LogP contribution in [-0.4, -0.2) is 4.98 Å². The van der Waals surface area contributed by atoms with Crippen molar-refractivity contribution in [2.24, 2.45) is 0 Å². The second kappa shape index (κ2) is 9.18. The highest BCUT2D eigenvalue weighted by Crippen LogP contribution is 2.41. The van der Waals surface area contributed by atoms with Crippen LogP contribution in [0.25, 0.3) is 0 Å². The predicted octanol–water partition coefficient (Wildman–Crippen LogP) is 7.66. The van der Waals surface area contributed by atoms with Gasteiger partial charge in [-0.3, -0.25) is 0 Å². The van der Waals surface area contributed by atoms with Crippen LogP contribution >= 0.6 is 11.3 Å². The number of benzene rings is 3. The number of thiazole rings is 1. The first-order chi connectivity index (χ1) is 16.1. The number of nitrogens with one attached hydrogen (secondary N) is 1. The van der Waals surface area contributed by atoms with E-state index in [1.54, 1.807) is 0 Å². The zero-order valence-corrected chi connectivity index (χ0v) is 19.2. The van der Waals surface area contributed by atoms with Crippen molar-refractivity contribution in [1.29, 1.82) is 0 Å². The van der Waals surface area contributed by atoms with E-state index in [1.807, 2.05) is 44.2 Å². The average molecular weight is 489 g/mol. The van der Waals surface area contributed by atoms with Crippen LogP contribution < -0.4 is 5.32 Å². The van der Waals surface area contributed by atoms with E-state index >= 15 is 0 Å². The zero-order chi connectivity index (χ0) is 24.5. The van der Waals surface area contributed by atoms with Gasteiger partial charge in [0.25, 0.3) is 0 Å². The molecule has 0 aliphatic rings. The maximum atomic E-state index is 14.6. The largest absolute Gasteiger partial charge is 0.416 e. The number of anilines is 1. The van der Waals surface area contributed by atoms with Gasteiger partial charge in [0.05, 0.1) is 16.8 Å². The van der Waals surface area contributed by atoms with Crippen molar-refractivity contribution >= 4 is 16.5 Å². The molecule has 2 nitrogen and oxygen atoms in total. The molecule has 0 saturated carbocycles. The molecule has 0 amide bonds. The second-order valence-electron chi connectivity index (χ2n) is 8.09. The van der Waals surface area contributed by atoms with E-state index in [0.29, 0.717) is 16.8 Å². The van der Waals surface area contributed by atoms with Gasteiger partial charge in [-0.2, -0.15) is 13.2 Å². The van der Waals surface area contributed by atoms with E-state index in [9.17, 15) is 22.0 Å². The summed E-state index contributed by atoms with van der Waals surface area (Å²) in [6.07, 6.45) is -4.58. The molecule has 1 unspecified atom stereocenters. The first-order valence-electron chi connectivity index (χ1n) is 10.5. The molecule has 8 heteroatoms. The summed E-state index contributed by atoms with van der Waals surface area (Å²) >= 11 is 1.35. The lowest BCUT2D eigenvalue weighted by Gasteiger charge is -2.37. The van der Waals surface area contributed by atoms with Gasteiger partial charge >= 0.3 is 6.18 Å². The van der Waals surface area contributed by atoms with Crippen molar-refractivity contribution in [3.05, 3.63) is 117 Å². The van der Waals surface area contributed by atoms with E-state index in [-0.39, 0.29) is 12.0 Å². The van der Waals surface area contributed by atoms with Gasteiger partial charge in [-0.25, -0.2) is 13.8 Å². The van der Waals surface area contributed by atoms with Gasteiger partial charge in [0.2, 0.25) is 0 Å². The van der Waals surface area contributed by atoms with Gasteiger partial charge in [0, 0.05) is 11.3 Å². The minimum absolute atomic E-state index is 0.0563. The Kier molecular flexibility index (Phi) is 6.45. The molecule has 176 valence electrons. The van der Waals surface area contributed by atoms with Gasteiger partial charge < -0.3 is 5.32 Å². The number of rotatable bonds is 6. The van der Waals surface area contributed by atoms with Crippen molar-refractivity contribution < 1.29 is 22.0 Å². The van der Waals surface area contributed by atoms with Crippen LogP contribution in [0.5, 0.6) is 0 Å². The van der Waals surface area contributed by atoms with Crippen molar-refractivity contribution in [3.8, 4) is 0 Å². The molecular formula is C26H21F5N2S. The molecule has 0 radical (unpaired) electrons. The highest BCUT2D eigenvalue weighted by molar-refractivity contribution is 7.15. The number of hydrogen-bond acceptors (Lipinski definition) is 3. The summed E-state index contributed by atoms with van der Waals surface area (Å²) in [5.74, 6) is -1.51. The maximum Gasteiger partial charge on any atom is 0.416 e. The molecule has 4 rings (SSSR count). The number of alkyl halides is 3. The van der Waals surface area contributed by atoms with E-state index in [2.05, 4.69) is 10.3 Å². The molecule has 0 fully saturated rings. The second-order valence-corrected chi connectivity index (χ2v) is 9.29. The standard InChI is InChI=1S/C26H21F5N2S/c1-16-17(2)34-24(32-16)33-25(15-18-6-4-3-5-7-18,19-8-10-22(27)11-9-19)20-12-21(26(29,30)31)14-23(28)13-20/h3-14H,15H2,1-2H3,(H,32,33). The van der Waals surface area contributed by atoms with Crippen LogP contribution in [-0.2, 0) is 18.1 Å². The fourth-order valence-corrected chi connectivity index (χ4v) is 4.80. The number of aryl methyl sites for hydroxylation is 2. The molecular weight excluding hydrogens is 467 g/mol. The van der Waals surface area contributed by atoms with E-state index < -0.39 is 28.9 Å². The third-order valence-electron chi connectivity index (χ3n) is 5.72. The summed E-state index contributed by atoms with van der Waals surface area (Å²) < 4.78 is 69.4. The summed E-state index contributed by atoms with van der Waals surface area (Å²) in [5, 5.41) is 3.78. The lowest BCUT2D eigenvalue weighted by atomic mass is 9.77. The van der Waals surface area contributed by atoms with Crippen LogP contribution in [0.4, 0.5) is 27.1 Å². The Labute approximate surface area is 198 Å². The summed E-state index contributed by atoms with van der Waals surface area (Å²) in [4.78, 5) is 5.45. The third kappa shape index (κ3) is 4.97. The Balaban J connectivity index is 2.01. The lowest BCUT2D eigenvalue weighted by Crippen LogP contribution is -2.39. The molecule has 1 N–H and O–H groups in total. The molecule has 4 aromatic rings. The monoisotopic (exact) mass is 488 g/mol. The molecule has 0 saturated heterocycles. The molecule has 34 heavy (non-hydrogen) atoms. The summed E-state index contributed by atoms with van der Waals surface area (Å²) in [5.41, 5.74) is -0.371. The third-order valence-corrected chi connectivity index (χ3v) is 6.70. The molecule has 1 heterocycles. The molecule has 0 bridgehead atoms. The molecule has 0 spiro atoms. The first kappa shape index (κ1) is 23.9. The van der Waals surface area contributed by atoms with Crippen molar-refractivity contribution in [2.75, 3.05) is 5.32 Å². The van der Waals surface area contributed by atoms with E-state index in [1.165, 1.54) is 35.6 Å². The fraction of sp³-hybridized carbons (Fsp3) is 0.192. The molecule has 0 aliphatic carbocycles. The summed E-state index contributed by atoms with van der Waals surface area (Å²) in [6.45, 7) is 3.72. The molecule has 0 aliphatic heterocycles. The van der Waals surface area contributed by atoms with E-state index in [4.69, 9.17) is 0 Å². The molecule has 1 atom stereocenters. The Morgan fingerprint density at radius 1 is 0.794 bits per heavy atom. The van der Waals surface area contributed by atoms with E-state index in [0.717, 1.165) is 28.3 Å². The molecule has 3 aromatic carbocycles. The summed E-state index contributed by atoms with van der Waals surface area (Å²) in [6, 6.07) is 17.1. The highest BCUT2D eigenvalue weighted by Gasteiger charge is 2.39. The van der Waals surface area contributed by atoms with Crippen LogP contribution in [0.1, 0.15) is 32.8 Å². The Morgan fingerprint density at radius 3 is 2.03 bits per heavy atom. The van der Waals surface area contributed by atoms with Crippen LogP contribution in [0.2, 0.25) is 0 Å². The van der Waals surface area contributed by atoms with Crippen molar-refractivity contribution in [1.82, 2.24) is 4.98 Å². The molecule has 1 aromatic heterocycles. The fourth-order valence-electron chi connectivity index (χ4n) is 3.90. The highest BCUT2D eigenvalue weighted by atomic mass is 32.1. The van der Waals surface area contributed by atoms with Crippen LogP contribution in [0.3, 0.4) is 0 Å². The lowest BCUT2D eigenvalue weighted by molar-refractivity contribution is -0.137. The predicted molar refractivity (Wildman–Crippen MR) is 124 cm³/mol. The topological polar surface area (TPSA) is 24.9 Å². The number of nitrogens with zero attached hydrogens (tertiary/aromatic N) is 1. The van der Waals surface area contributed by atoms with Crippen LogP contribution in [0.15, 0.2) is 72.8 Å². The maximum absolute atomic E-state index is 14.6.